The number of carbonyl (C=O) groups excluding carboxylic acids is 1. The molecule has 0 saturated carbocycles. The van der Waals surface area contributed by atoms with Gasteiger partial charge in [0, 0.05) is 37.3 Å². The zero-order chi connectivity index (χ0) is 26.5. The quantitative estimate of drug-likeness (QED) is 0.464. The number of halogens is 1. The highest BCUT2D eigenvalue weighted by Gasteiger charge is 2.34. The summed E-state index contributed by atoms with van der Waals surface area (Å²) in [7, 11) is 2.04. The Labute approximate surface area is 221 Å². The number of likely N-dealkylation sites (tertiary alicyclic amines) is 1. The third-order valence-electron chi connectivity index (χ3n) is 7.32. The lowest BCUT2D eigenvalue weighted by molar-refractivity contribution is 0.0768. The Morgan fingerprint density at radius 3 is 2.79 bits per heavy atom. The number of nitrogens with zero attached hydrogens (tertiary/aromatic N) is 6. The van der Waals surface area contributed by atoms with Crippen LogP contribution >= 0.6 is 0 Å². The predicted molar refractivity (Wildman–Crippen MR) is 140 cm³/mol. The minimum Gasteiger partial charge on any atom is -0.474 e. The molecule has 1 unspecified atom stereocenters. The van der Waals surface area contributed by atoms with Crippen molar-refractivity contribution >= 4 is 22.7 Å². The summed E-state index contributed by atoms with van der Waals surface area (Å²) in [6, 6.07) is 13.1. The van der Waals surface area contributed by atoms with E-state index in [2.05, 4.69) is 20.9 Å². The number of amides is 1. The lowest BCUT2D eigenvalue weighted by Gasteiger charge is -2.41. The first-order chi connectivity index (χ1) is 18.5. The van der Waals surface area contributed by atoms with E-state index < -0.39 is 18.0 Å². The molecule has 0 radical (unpaired) electrons. The fraction of sp³-hybridized carbons (Fsp3) is 0.429. The summed E-state index contributed by atoms with van der Waals surface area (Å²) >= 11 is 0. The molecule has 2 aliphatic heterocycles. The number of fused-ring (bicyclic) bond motifs is 1. The van der Waals surface area contributed by atoms with Gasteiger partial charge in [-0.1, -0.05) is 30.3 Å². The maximum absolute atomic E-state index is 16.0. The van der Waals surface area contributed by atoms with Crippen molar-refractivity contribution in [2.45, 2.75) is 38.0 Å². The summed E-state index contributed by atoms with van der Waals surface area (Å²) in [5.41, 5.74) is 1.76. The number of hydrogen-bond acceptors (Lipinski definition) is 8. The van der Waals surface area contributed by atoms with Gasteiger partial charge in [-0.15, -0.1) is 0 Å². The lowest BCUT2D eigenvalue weighted by atomic mass is 10.1. The van der Waals surface area contributed by atoms with E-state index >= 15 is 4.39 Å². The van der Waals surface area contributed by atoms with Crippen molar-refractivity contribution in [1.82, 2.24) is 19.8 Å². The molecule has 4 heterocycles. The number of benzene rings is 1. The van der Waals surface area contributed by atoms with Gasteiger partial charge in [-0.05, 0) is 38.1 Å². The summed E-state index contributed by atoms with van der Waals surface area (Å²) in [6.07, 6.45) is 4.90. The number of hydrogen-bond donors (Lipinski definition) is 0. The monoisotopic (exact) mass is 518 g/mol. The molecule has 198 valence electrons. The Morgan fingerprint density at radius 2 is 2.03 bits per heavy atom. The molecule has 3 aromatic rings. The van der Waals surface area contributed by atoms with Crippen molar-refractivity contribution in [3.63, 3.8) is 0 Å². The van der Waals surface area contributed by atoms with Gasteiger partial charge in [0.05, 0.1) is 35.9 Å². The number of likely N-dealkylation sites (N-methyl/N-ethyl adjacent to an activating group) is 1. The van der Waals surface area contributed by atoms with Crippen molar-refractivity contribution in [1.29, 1.82) is 5.26 Å². The second-order valence-electron chi connectivity index (χ2n) is 9.76. The van der Waals surface area contributed by atoms with E-state index in [-0.39, 0.29) is 38.0 Å². The van der Waals surface area contributed by atoms with Gasteiger partial charge in [0.15, 0.2) is 0 Å². The van der Waals surface area contributed by atoms with E-state index in [1.54, 1.807) is 23.4 Å². The molecular formula is C28H31FN6O3. The SMILES string of the molecule is CN1CCC[C@H]1COc1nc2cnccc2c(N2CCN(C(=O)OCc3ccccc3)C(CC#N)C2)c1F. The molecule has 0 bridgehead atoms. The number of anilines is 1. The normalized spacial score (nSPS) is 19.9. The van der Waals surface area contributed by atoms with Crippen LogP contribution in [-0.4, -0.2) is 77.8 Å². The average Bonchev–Trinajstić information content (AvgIpc) is 3.35. The molecule has 38 heavy (non-hydrogen) atoms. The van der Waals surface area contributed by atoms with Crippen molar-refractivity contribution in [2.75, 3.05) is 44.7 Å². The second kappa shape index (κ2) is 11.6. The summed E-state index contributed by atoms with van der Waals surface area (Å²) in [6.45, 7) is 2.42. The first kappa shape index (κ1) is 25.7. The van der Waals surface area contributed by atoms with E-state index in [0.717, 1.165) is 24.9 Å². The van der Waals surface area contributed by atoms with Crippen molar-refractivity contribution in [3.05, 3.63) is 60.2 Å². The maximum atomic E-state index is 16.0. The van der Waals surface area contributed by atoms with Crippen molar-refractivity contribution < 1.29 is 18.7 Å². The molecule has 2 fully saturated rings. The van der Waals surface area contributed by atoms with Gasteiger partial charge in [-0.25, -0.2) is 9.78 Å². The molecule has 0 spiro atoms. The number of ether oxygens (including phenoxy) is 2. The summed E-state index contributed by atoms with van der Waals surface area (Å²) < 4.78 is 27.5. The fourth-order valence-corrected chi connectivity index (χ4v) is 5.20. The van der Waals surface area contributed by atoms with Crippen LogP contribution in [0.15, 0.2) is 48.8 Å². The number of pyridine rings is 2. The number of nitriles is 1. The van der Waals surface area contributed by atoms with E-state index in [0.29, 0.717) is 29.7 Å². The van der Waals surface area contributed by atoms with Crippen molar-refractivity contribution in [3.8, 4) is 11.9 Å². The van der Waals surface area contributed by atoms with Gasteiger partial charge in [0.1, 0.15) is 13.2 Å². The van der Waals surface area contributed by atoms with Gasteiger partial charge in [0.2, 0.25) is 5.82 Å². The molecule has 0 N–H and O–H groups in total. The Morgan fingerprint density at radius 1 is 1.18 bits per heavy atom. The van der Waals surface area contributed by atoms with Crippen LogP contribution in [0.5, 0.6) is 5.88 Å². The van der Waals surface area contributed by atoms with Gasteiger partial charge >= 0.3 is 6.09 Å². The molecule has 1 aromatic carbocycles. The first-order valence-corrected chi connectivity index (χ1v) is 12.9. The first-order valence-electron chi connectivity index (χ1n) is 12.9. The summed E-state index contributed by atoms with van der Waals surface area (Å²) in [4.78, 5) is 27.2. The third-order valence-corrected chi connectivity index (χ3v) is 7.32. The van der Waals surface area contributed by atoms with Crippen LogP contribution in [-0.2, 0) is 11.3 Å². The molecule has 10 heteroatoms. The van der Waals surface area contributed by atoms with E-state index in [1.807, 2.05) is 42.3 Å². The minimum absolute atomic E-state index is 0.0534. The lowest BCUT2D eigenvalue weighted by Crippen LogP contribution is -2.55. The number of aromatic nitrogens is 2. The zero-order valence-corrected chi connectivity index (χ0v) is 21.4. The fourth-order valence-electron chi connectivity index (χ4n) is 5.20. The maximum Gasteiger partial charge on any atom is 0.410 e. The number of carbonyl (C=O) groups is 1. The minimum atomic E-state index is -0.542. The Bertz CT molecular complexity index is 1320. The highest BCUT2D eigenvalue weighted by molar-refractivity contribution is 5.92. The zero-order valence-electron chi connectivity index (χ0n) is 21.4. The van der Waals surface area contributed by atoms with Gasteiger partial charge < -0.3 is 24.2 Å². The molecule has 5 rings (SSSR count). The Balaban J connectivity index is 1.36. The molecule has 1 amide bonds. The second-order valence-corrected chi connectivity index (χ2v) is 9.76. The van der Waals surface area contributed by atoms with Crippen LogP contribution in [0, 0.1) is 17.1 Å². The predicted octanol–water partition coefficient (Wildman–Crippen LogP) is 3.98. The Kier molecular flexibility index (Phi) is 7.84. The molecular weight excluding hydrogens is 487 g/mol. The molecule has 2 atom stereocenters. The molecule has 0 aliphatic carbocycles. The highest BCUT2D eigenvalue weighted by Crippen LogP contribution is 2.35. The summed E-state index contributed by atoms with van der Waals surface area (Å²) in [5, 5.41) is 10.1. The highest BCUT2D eigenvalue weighted by atomic mass is 19.1. The number of piperazine rings is 1. The van der Waals surface area contributed by atoms with Crippen LogP contribution in [0.2, 0.25) is 0 Å². The van der Waals surface area contributed by atoms with Gasteiger partial charge in [-0.2, -0.15) is 9.65 Å². The standard InChI is InChI=1S/C28H31FN6O3/c1-33-13-5-8-22(33)19-37-27-25(29)26(23-10-12-31-16-24(23)32-27)34-14-15-35(21(17-34)9-11-30)28(36)38-18-20-6-3-2-4-7-20/h2-4,6-7,10,12,16,21-22H,5,8-9,13-15,17-19H2,1H3/t21?,22-/m0/s1. The van der Waals surface area contributed by atoms with Crippen molar-refractivity contribution in [2.24, 2.45) is 0 Å². The largest absolute Gasteiger partial charge is 0.474 e. The van der Waals surface area contributed by atoms with Gasteiger partial charge in [0.25, 0.3) is 5.88 Å². The van der Waals surface area contributed by atoms with E-state index in [9.17, 15) is 10.1 Å². The van der Waals surface area contributed by atoms with E-state index in [1.165, 1.54) is 0 Å². The van der Waals surface area contributed by atoms with Crippen LogP contribution < -0.4 is 9.64 Å². The molecule has 2 saturated heterocycles. The van der Waals surface area contributed by atoms with Gasteiger partial charge in [-0.3, -0.25) is 4.98 Å². The number of rotatable bonds is 7. The smallest absolute Gasteiger partial charge is 0.410 e. The third kappa shape index (κ3) is 5.48. The Hall–Kier alpha value is -3.97. The topological polar surface area (TPSA) is 94.8 Å². The van der Waals surface area contributed by atoms with Crippen LogP contribution in [0.1, 0.15) is 24.8 Å². The van der Waals surface area contributed by atoms with Crippen LogP contribution in [0.3, 0.4) is 0 Å². The summed E-state index contributed by atoms with van der Waals surface area (Å²) in [5.74, 6) is -0.595. The molecule has 2 aromatic heterocycles. The molecule has 9 nitrogen and oxygen atoms in total. The molecule has 2 aliphatic rings. The average molecular weight is 519 g/mol. The van der Waals surface area contributed by atoms with Crippen LogP contribution in [0.25, 0.3) is 10.9 Å². The van der Waals surface area contributed by atoms with Crippen LogP contribution in [0.4, 0.5) is 14.9 Å². The van der Waals surface area contributed by atoms with E-state index in [4.69, 9.17) is 9.47 Å².